The van der Waals surface area contributed by atoms with Gasteiger partial charge in [-0.3, -0.25) is 0 Å². The van der Waals surface area contributed by atoms with Gasteiger partial charge >= 0.3 is 12.2 Å². The molecule has 36 heavy (non-hydrogen) atoms. The number of halogens is 8. The fraction of sp³-hybridized carbons (Fsp3) is 0.700. The minimum Gasteiger partial charge on any atom is -0.324 e. The quantitative estimate of drug-likeness (QED) is 0.523. The Morgan fingerprint density at radius 2 is 1.72 bits per heavy atom. The molecule has 2 unspecified atom stereocenters. The number of carbonyl (C=O) groups is 1. The van der Waals surface area contributed by atoms with Crippen LogP contribution in [0.15, 0.2) is 12.4 Å². The van der Waals surface area contributed by atoms with E-state index >= 15 is 0 Å². The van der Waals surface area contributed by atoms with E-state index in [-0.39, 0.29) is 60.1 Å². The van der Waals surface area contributed by atoms with Crippen LogP contribution in [0.4, 0.5) is 35.5 Å². The summed E-state index contributed by atoms with van der Waals surface area (Å²) in [6.07, 6.45) is -4.15. The molecule has 2 aromatic heterocycles. The van der Waals surface area contributed by atoms with Crippen molar-refractivity contribution in [3.63, 3.8) is 0 Å². The van der Waals surface area contributed by atoms with Gasteiger partial charge in [-0.2, -0.15) is 18.3 Å². The van der Waals surface area contributed by atoms with Crippen molar-refractivity contribution in [1.29, 1.82) is 0 Å². The first-order valence-corrected chi connectivity index (χ1v) is 11.1. The van der Waals surface area contributed by atoms with Gasteiger partial charge in [0.25, 0.3) is 11.7 Å². The van der Waals surface area contributed by atoms with Crippen molar-refractivity contribution in [2.75, 3.05) is 6.54 Å². The summed E-state index contributed by atoms with van der Waals surface area (Å²) in [5.41, 5.74) is 4.67. The van der Waals surface area contributed by atoms with E-state index < -0.39 is 61.1 Å². The number of nitrogens with two attached hydrogens (primary N) is 1. The number of amides is 2. The van der Waals surface area contributed by atoms with Gasteiger partial charge < -0.3 is 16.0 Å². The zero-order valence-corrected chi connectivity index (χ0v) is 20.3. The fourth-order valence-corrected chi connectivity index (χ4v) is 5.25. The molecule has 2 aromatic rings. The minimum absolute atomic E-state index is 0. The van der Waals surface area contributed by atoms with Gasteiger partial charge in [0.2, 0.25) is 5.92 Å². The monoisotopic (exact) mass is 589 g/mol. The second kappa shape index (κ2) is 8.67. The molecular formula is C20H23BrF7N7O. The van der Waals surface area contributed by atoms with Crippen LogP contribution in [0.25, 0.3) is 5.78 Å². The van der Waals surface area contributed by atoms with Gasteiger partial charge in [0, 0.05) is 25.7 Å². The molecule has 1 aliphatic heterocycles. The number of hydrogen-bond acceptors (Lipinski definition) is 5. The third kappa shape index (κ3) is 4.61. The number of hydrogen-bond donors (Lipinski definition) is 2. The van der Waals surface area contributed by atoms with E-state index in [1.807, 2.05) is 0 Å². The van der Waals surface area contributed by atoms with Crippen LogP contribution >= 0.6 is 17.0 Å². The number of fused-ring (bicyclic) bond motifs is 1. The highest BCUT2D eigenvalue weighted by atomic mass is 79.9. The number of urea groups is 1. The standard InChI is InChI=1S/C20H22F7N7O.BrH/c21-18(22)3-1-10(2-4-18)14(28)11-6-34-15(30-11)31-12(5-29-34)17(8-19(23,24)9-17)33-7-13(20(25,26)27)32-16(33)35;/h5-6,10,13-14H,1-4,7-9,28H2,(H,32,35);1H. The van der Waals surface area contributed by atoms with Gasteiger partial charge in [0.15, 0.2) is 0 Å². The maximum atomic E-state index is 14.0. The summed E-state index contributed by atoms with van der Waals surface area (Å²) in [5, 5.41) is 5.89. The lowest BCUT2D eigenvalue weighted by molar-refractivity contribution is -0.177. The van der Waals surface area contributed by atoms with E-state index in [9.17, 15) is 35.5 Å². The SMILES string of the molecule is Br.NC(c1cn2ncc(C3(N4CC(C(F)(F)F)NC4=O)CC(F)(F)C3)nc2n1)C1CCC(F)(F)CC1. The molecule has 2 atom stereocenters. The van der Waals surface area contributed by atoms with Crippen LogP contribution in [-0.4, -0.2) is 61.1 Å². The second-order valence-electron chi connectivity index (χ2n) is 9.67. The Labute approximate surface area is 210 Å². The summed E-state index contributed by atoms with van der Waals surface area (Å²) < 4.78 is 95.7. The number of aromatic nitrogens is 4. The van der Waals surface area contributed by atoms with Gasteiger partial charge in [0.05, 0.1) is 36.4 Å². The van der Waals surface area contributed by atoms with Crippen molar-refractivity contribution in [3.05, 3.63) is 23.8 Å². The largest absolute Gasteiger partial charge is 0.410 e. The van der Waals surface area contributed by atoms with Gasteiger partial charge in [-0.1, -0.05) is 0 Å². The van der Waals surface area contributed by atoms with Gasteiger partial charge in [-0.25, -0.2) is 36.8 Å². The third-order valence-electron chi connectivity index (χ3n) is 7.22. The molecule has 0 spiro atoms. The van der Waals surface area contributed by atoms with Crippen LogP contribution in [0.3, 0.4) is 0 Å². The smallest absolute Gasteiger partial charge is 0.324 e. The summed E-state index contributed by atoms with van der Waals surface area (Å²) in [6.45, 7) is -0.845. The number of imidazole rings is 1. The number of rotatable bonds is 4. The van der Waals surface area contributed by atoms with Crippen LogP contribution < -0.4 is 11.1 Å². The third-order valence-corrected chi connectivity index (χ3v) is 7.22. The molecule has 2 aliphatic carbocycles. The van der Waals surface area contributed by atoms with Crippen molar-refractivity contribution < 1.29 is 35.5 Å². The Bertz CT molecular complexity index is 1140. The Hall–Kier alpha value is -2.23. The van der Waals surface area contributed by atoms with Crippen LogP contribution in [0.2, 0.25) is 0 Å². The Kier molecular flexibility index (Phi) is 6.46. The Morgan fingerprint density at radius 1 is 1.08 bits per heavy atom. The lowest BCUT2D eigenvalue weighted by Crippen LogP contribution is -2.61. The zero-order chi connectivity index (χ0) is 25.4. The van der Waals surface area contributed by atoms with Crippen LogP contribution in [0.5, 0.6) is 0 Å². The summed E-state index contributed by atoms with van der Waals surface area (Å²) in [7, 11) is 0. The highest BCUT2D eigenvalue weighted by Crippen LogP contribution is 2.55. The molecule has 3 aliphatic rings. The van der Waals surface area contributed by atoms with Crippen molar-refractivity contribution in [3.8, 4) is 0 Å². The van der Waals surface area contributed by atoms with Crippen molar-refractivity contribution in [2.45, 2.75) is 74.2 Å². The average molecular weight is 590 g/mol. The second-order valence-corrected chi connectivity index (χ2v) is 9.67. The van der Waals surface area contributed by atoms with Gasteiger partial charge in [-0.15, -0.1) is 17.0 Å². The lowest BCUT2D eigenvalue weighted by atomic mass is 9.70. The van der Waals surface area contributed by atoms with Crippen molar-refractivity contribution >= 4 is 28.8 Å². The molecule has 3 N–H and O–H groups in total. The molecule has 3 fully saturated rings. The van der Waals surface area contributed by atoms with Crippen LogP contribution in [0, 0.1) is 5.92 Å². The normalized spacial score (nSPS) is 26.3. The molecule has 1 saturated heterocycles. The molecule has 3 heterocycles. The van der Waals surface area contributed by atoms with Crippen molar-refractivity contribution in [2.24, 2.45) is 11.7 Å². The summed E-state index contributed by atoms with van der Waals surface area (Å²) >= 11 is 0. The predicted molar refractivity (Wildman–Crippen MR) is 116 cm³/mol. The number of alkyl halides is 7. The first-order chi connectivity index (χ1) is 16.2. The minimum atomic E-state index is -4.75. The van der Waals surface area contributed by atoms with Gasteiger partial charge in [0.1, 0.15) is 11.6 Å². The van der Waals surface area contributed by atoms with E-state index in [0.29, 0.717) is 5.69 Å². The molecule has 8 nitrogen and oxygen atoms in total. The first kappa shape index (κ1) is 26.8. The fourth-order valence-electron chi connectivity index (χ4n) is 5.25. The maximum absolute atomic E-state index is 14.0. The van der Waals surface area contributed by atoms with E-state index in [1.54, 1.807) is 5.32 Å². The number of carbonyl (C=O) groups excluding carboxylic acids is 1. The Balaban J connectivity index is 0.00000304. The highest BCUT2D eigenvalue weighted by Gasteiger charge is 2.65. The molecule has 0 bridgehead atoms. The molecule has 0 aromatic carbocycles. The van der Waals surface area contributed by atoms with Gasteiger partial charge in [-0.05, 0) is 18.8 Å². The van der Waals surface area contributed by atoms with E-state index in [2.05, 4.69) is 15.1 Å². The van der Waals surface area contributed by atoms with E-state index in [4.69, 9.17) is 5.73 Å². The zero-order valence-electron chi connectivity index (χ0n) is 18.6. The number of nitrogens with one attached hydrogen (secondary N) is 1. The molecule has 200 valence electrons. The summed E-state index contributed by atoms with van der Waals surface area (Å²) in [5.74, 6) is -6.21. The summed E-state index contributed by atoms with van der Waals surface area (Å²) in [4.78, 5) is 21.6. The lowest BCUT2D eigenvalue weighted by Gasteiger charge is -2.51. The van der Waals surface area contributed by atoms with E-state index in [0.717, 1.165) is 11.1 Å². The Morgan fingerprint density at radius 3 is 2.28 bits per heavy atom. The van der Waals surface area contributed by atoms with Crippen LogP contribution in [-0.2, 0) is 5.54 Å². The molecule has 5 rings (SSSR count). The van der Waals surface area contributed by atoms with Crippen LogP contribution in [0.1, 0.15) is 56.0 Å². The topological polar surface area (TPSA) is 101 Å². The highest BCUT2D eigenvalue weighted by molar-refractivity contribution is 8.93. The molecule has 2 amide bonds. The average Bonchev–Trinajstić information content (AvgIpc) is 3.34. The molecule has 2 saturated carbocycles. The number of nitrogens with zero attached hydrogens (tertiary/aromatic N) is 5. The summed E-state index contributed by atoms with van der Waals surface area (Å²) in [6, 6.07) is -4.00. The molecular weight excluding hydrogens is 567 g/mol. The first-order valence-electron chi connectivity index (χ1n) is 11.1. The van der Waals surface area contributed by atoms with E-state index in [1.165, 1.54) is 10.7 Å². The molecule has 0 radical (unpaired) electrons. The predicted octanol–water partition coefficient (Wildman–Crippen LogP) is 4.11. The maximum Gasteiger partial charge on any atom is 0.410 e. The molecule has 16 heteroatoms. The van der Waals surface area contributed by atoms with Crippen molar-refractivity contribution in [1.82, 2.24) is 29.8 Å².